The molecular weight excluding hydrogens is 180 g/mol. The molecule has 1 heterocycles. The second kappa shape index (κ2) is 3.87. The van der Waals surface area contributed by atoms with Crippen molar-refractivity contribution in [2.75, 3.05) is 26.3 Å². The molecule has 0 bridgehead atoms. The van der Waals surface area contributed by atoms with E-state index in [1.807, 2.05) is 0 Å². The molecule has 0 aromatic heterocycles. The van der Waals surface area contributed by atoms with Gasteiger partial charge in [-0.05, 0) is 31.2 Å². The monoisotopic (exact) mass is 198 g/mol. The average Bonchev–Trinajstić information content (AvgIpc) is 2.78. The molecule has 80 valence electrons. The fourth-order valence-corrected chi connectivity index (χ4v) is 1.79. The summed E-state index contributed by atoms with van der Waals surface area (Å²) in [7, 11) is 0. The van der Waals surface area contributed by atoms with Crippen molar-refractivity contribution in [2.45, 2.75) is 19.3 Å². The third kappa shape index (κ3) is 2.07. The molecule has 1 saturated carbocycles. The van der Waals surface area contributed by atoms with E-state index in [0.29, 0.717) is 13.2 Å². The summed E-state index contributed by atoms with van der Waals surface area (Å²) in [4.78, 5) is 11.6. The van der Waals surface area contributed by atoms with Crippen LogP contribution in [0.5, 0.6) is 0 Å². The zero-order chi connectivity index (χ0) is 10.0. The van der Waals surface area contributed by atoms with E-state index in [0.717, 1.165) is 32.4 Å². The van der Waals surface area contributed by atoms with Gasteiger partial charge in [0.15, 0.2) is 0 Å². The minimum absolute atomic E-state index is 0.0728. The molecule has 1 aliphatic carbocycles. The molecule has 0 aromatic rings. The number of carbonyl (C=O) groups is 1. The first-order valence-electron chi connectivity index (χ1n) is 5.31. The van der Waals surface area contributed by atoms with Gasteiger partial charge in [-0.2, -0.15) is 0 Å². The van der Waals surface area contributed by atoms with E-state index < -0.39 is 0 Å². The van der Waals surface area contributed by atoms with Gasteiger partial charge >= 0.3 is 0 Å². The highest BCUT2D eigenvalue weighted by Gasteiger charge is 2.41. The molecule has 3 N–H and O–H groups in total. The Kier molecular flexibility index (Phi) is 2.74. The van der Waals surface area contributed by atoms with Crippen LogP contribution in [0.15, 0.2) is 0 Å². The number of carbonyl (C=O) groups excluding carboxylic acids is 1. The standard InChI is InChI=1S/C10H18N2O2/c11-6-10(2-3-10)7-12-9(13)8-1-4-14-5-8/h8H,1-7,11H2,(H,12,13). The summed E-state index contributed by atoms with van der Waals surface area (Å²) < 4.78 is 5.17. The molecule has 1 atom stereocenters. The predicted octanol–water partition coefficient (Wildman–Crippen LogP) is -0.122. The SMILES string of the molecule is NCC1(CNC(=O)C2CCOC2)CC1. The number of ether oxygens (including phenoxy) is 1. The Morgan fingerprint density at radius 1 is 1.57 bits per heavy atom. The minimum Gasteiger partial charge on any atom is -0.381 e. The predicted molar refractivity (Wildman–Crippen MR) is 52.7 cm³/mol. The van der Waals surface area contributed by atoms with Crippen LogP contribution in [0.1, 0.15) is 19.3 Å². The van der Waals surface area contributed by atoms with Gasteiger partial charge in [-0.1, -0.05) is 0 Å². The number of rotatable bonds is 4. The van der Waals surface area contributed by atoms with Gasteiger partial charge in [-0.15, -0.1) is 0 Å². The second-order valence-electron chi connectivity index (χ2n) is 4.48. The summed E-state index contributed by atoms with van der Waals surface area (Å²) in [6, 6.07) is 0. The Morgan fingerprint density at radius 3 is 2.86 bits per heavy atom. The summed E-state index contributed by atoms with van der Waals surface area (Å²) >= 11 is 0. The third-order valence-corrected chi connectivity index (χ3v) is 3.33. The van der Waals surface area contributed by atoms with Crippen LogP contribution in [0.4, 0.5) is 0 Å². The van der Waals surface area contributed by atoms with Crippen LogP contribution in [-0.4, -0.2) is 32.2 Å². The highest BCUT2D eigenvalue weighted by Crippen LogP contribution is 2.43. The zero-order valence-electron chi connectivity index (χ0n) is 8.42. The van der Waals surface area contributed by atoms with E-state index in [2.05, 4.69) is 5.32 Å². The second-order valence-corrected chi connectivity index (χ2v) is 4.48. The number of amides is 1. The summed E-state index contributed by atoms with van der Waals surface area (Å²) in [5, 5.41) is 2.98. The van der Waals surface area contributed by atoms with Gasteiger partial charge in [0.2, 0.25) is 5.91 Å². The third-order valence-electron chi connectivity index (χ3n) is 3.33. The van der Waals surface area contributed by atoms with Crippen molar-refractivity contribution in [2.24, 2.45) is 17.1 Å². The average molecular weight is 198 g/mol. The van der Waals surface area contributed by atoms with E-state index in [-0.39, 0.29) is 17.2 Å². The van der Waals surface area contributed by atoms with Gasteiger partial charge in [-0.25, -0.2) is 0 Å². The molecule has 4 heteroatoms. The van der Waals surface area contributed by atoms with Crippen LogP contribution in [-0.2, 0) is 9.53 Å². The summed E-state index contributed by atoms with van der Waals surface area (Å²) in [5.41, 5.74) is 5.86. The molecule has 4 nitrogen and oxygen atoms in total. The van der Waals surface area contributed by atoms with Crippen LogP contribution < -0.4 is 11.1 Å². The van der Waals surface area contributed by atoms with Crippen molar-refractivity contribution in [3.63, 3.8) is 0 Å². The molecule has 1 unspecified atom stereocenters. The Labute approximate surface area is 84.2 Å². The Balaban J connectivity index is 1.72. The number of nitrogens with two attached hydrogens (primary N) is 1. The molecule has 0 aromatic carbocycles. The number of hydrogen-bond acceptors (Lipinski definition) is 3. The molecule has 1 aliphatic heterocycles. The molecule has 2 rings (SSSR count). The highest BCUT2D eigenvalue weighted by molar-refractivity contribution is 5.79. The Morgan fingerprint density at radius 2 is 2.36 bits per heavy atom. The molecule has 1 saturated heterocycles. The van der Waals surface area contributed by atoms with Crippen molar-refractivity contribution < 1.29 is 9.53 Å². The quantitative estimate of drug-likeness (QED) is 0.662. The molecular formula is C10H18N2O2. The van der Waals surface area contributed by atoms with Crippen LogP contribution in [0, 0.1) is 11.3 Å². The Hall–Kier alpha value is -0.610. The zero-order valence-corrected chi connectivity index (χ0v) is 8.42. The van der Waals surface area contributed by atoms with Gasteiger partial charge in [0, 0.05) is 13.2 Å². The van der Waals surface area contributed by atoms with E-state index in [9.17, 15) is 4.79 Å². The van der Waals surface area contributed by atoms with Crippen molar-refractivity contribution in [1.29, 1.82) is 0 Å². The van der Waals surface area contributed by atoms with E-state index in [1.165, 1.54) is 0 Å². The first-order valence-corrected chi connectivity index (χ1v) is 5.31. The van der Waals surface area contributed by atoms with Crippen molar-refractivity contribution in [3.05, 3.63) is 0 Å². The van der Waals surface area contributed by atoms with Crippen LogP contribution in [0.2, 0.25) is 0 Å². The van der Waals surface area contributed by atoms with Gasteiger partial charge < -0.3 is 15.8 Å². The van der Waals surface area contributed by atoms with Crippen LogP contribution >= 0.6 is 0 Å². The first-order chi connectivity index (χ1) is 6.76. The lowest BCUT2D eigenvalue weighted by Crippen LogP contribution is -2.37. The fourth-order valence-electron chi connectivity index (χ4n) is 1.79. The molecule has 2 aliphatic rings. The molecule has 14 heavy (non-hydrogen) atoms. The molecule has 1 amide bonds. The van der Waals surface area contributed by atoms with Crippen LogP contribution in [0.25, 0.3) is 0 Å². The minimum atomic E-state index is 0.0728. The van der Waals surface area contributed by atoms with E-state index in [1.54, 1.807) is 0 Å². The van der Waals surface area contributed by atoms with Crippen LogP contribution in [0.3, 0.4) is 0 Å². The summed E-state index contributed by atoms with van der Waals surface area (Å²) in [6.45, 7) is 2.74. The highest BCUT2D eigenvalue weighted by atomic mass is 16.5. The van der Waals surface area contributed by atoms with Crippen molar-refractivity contribution in [1.82, 2.24) is 5.32 Å². The number of hydrogen-bond donors (Lipinski definition) is 2. The lowest BCUT2D eigenvalue weighted by atomic mass is 10.1. The van der Waals surface area contributed by atoms with Gasteiger partial charge in [-0.3, -0.25) is 4.79 Å². The lowest BCUT2D eigenvalue weighted by molar-refractivity contribution is -0.125. The van der Waals surface area contributed by atoms with E-state index >= 15 is 0 Å². The Bertz CT molecular complexity index is 220. The first kappa shape index (κ1) is 9.93. The van der Waals surface area contributed by atoms with Gasteiger partial charge in [0.05, 0.1) is 12.5 Å². The number of nitrogens with one attached hydrogen (secondary N) is 1. The molecule has 2 fully saturated rings. The maximum absolute atomic E-state index is 11.6. The normalized spacial score (nSPS) is 28.8. The molecule has 0 spiro atoms. The fraction of sp³-hybridized carbons (Fsp3) is 0.900. The topological polar surface area (TPSA) is 64.3 Å². The van der Waals surface area contributed by atoms with Gasteiger partial charge in [0.1, 0.15) is 0 Å². The van der Waals surface area contributed by atoms with E-state index in [4.69, 9.17) is 10.5 Å². The van der Waals surface area contributed by atoms with Crippen molar-refractivity contribution in [3.8, 4) is 0 Å². The molecule has 0 radical (unpaired) electrons. The largest absolute Gasteiger partial charge is 0.381 e. The maximum Gasteiger partial charge on any atom is 0.225 e. The van der Waals surface area contributed by atoms with Gasteiger partial charge in [0.25, 0.3) is 0 Å². The smallest absolute Gasteiger partial charge is 0.225 e. The summed E-state index contributed by atoms with van der Waals surface area (Å²) in [5.74, 6) is 0.214. The lowest BCUT2D eigenvalue weighted by Gasteiger charge is -2.15. The summed E-state index contributed by atoms with van der Waals surface area (Å²) in [6.07, 6.45) is 3.18. The maximum atomic E-state index is 11.6. The van der Waals surface area contributed by atoms with Crippen molar-refractivity contribution >= 4 is 5.91 Å².